The van der Waals surface area contributed by atoms with E-state index in [2.05, 4.69) is 5.32 Å². The molecule has 0 bridgehead atoms. The fraction of sp³-hybridized carbons (Fsp3) is 0.900. The highest BCUT2D eigenvalue weighted by atomic mass is 16.7. The summed E-state index contributed by atoms with van der Waals surface area (Å²) in [6, 6.07) is 0. The first-order valence-electron chi connectivity index (χ1n) is 5.31. The van der Waals surface area contributed by atoms with E-state index in [0.717, 1.165) is 25.9 Å². The molecule has 0 aliphatic carbocycles. The third-order valence-corrected chi connectivity index (χ3v) is 2.93. The predicted molar refractivity (Wildman–Crippen MR) is 51.0 cm³/mol. The number of Topliss-reactive ketones (excluding diaryl/α,β-unsaturated/α-hetero) is 1. The lowest BCUT2D eigenvalue weighted by Crippen LogP contribution is -2.43. The molecular formula is C10H17NO3. The van der Waals surface area contributed by atoms with Crippen molar-refractivity contribution >= 4 is 5.78 Å². The zero-order chi connectivity index (χ0) is 10.0. The Labute approximate surface area is 84.0 Å². The molecule has 0 amide bonds. The van der Waals surface area contributed by atoms with Gasteiger partial charge < -0.3 is 14.8 Å². The molecule has 1 atom stereocenters. The van der Waals surface area contributed by atoms with Crippen molar-refractivity contribution in [2.24, 2.45) is 0 Å². The molecular weight excluding hydrogens is 182 g/mol. The van der Waals surface area contributed by atoms with Crippen molar-refractivity contribution in [1.29, 1.82) is 0 Å². The molecule has 0 aromatic heterocycles. The number of carbonyl (C=O) groups excluding carboxylic acids is 1. The highest BCUT2D eigenvalue weighted by Gasteiger charge is 2.44. The summed E-state index contributed by atoms with van der Waals surface area (Å²) in [6.45, 7) is 4.12. The maximum Gasteiger partial charge on any atom is 0.171 e. The van der Waals surface area contributed by atoms with Gasteiger partial charge in [0, 0.05) is 32.4 Å². The van der Waals surface area contributed by atoms with Crippen LogP contribution in [0.25, 0.3) is 0 Å². The average molecular weight is 199 g/mol. The first-order valence-corrected chi connectivity index (χ1v) is 5.31. The molecule has 0 aromatic carbocycles. The maximum absolute atomic E-state index is 11.4. The Hall–Kier alpha value is -0.450. The van der Waals surface area contributed by atoms with Gasteiger partial charge in [-0.05, 0) is 0 Å². The van der Waals surface area contributed by atoms with E-state index in [1.165, 1.54) is 0 Å². The molecule has 0 saturated carbocycles. The average Bonchev–Trinajstić information content (AvgIpc) is 2.62. The van der Waals surface area contributed by atoms with Crippen LogP contribution in [-0.4, -0.2) is 37.4 Å². The summed E-state index contributed by atoms with van der Waals surface area (Å²) >= 11 is 0. The predicted octanol–water partition coefficient (Wildman–Crippen LogP) is 0.461. The number of ketones is 1. The molecule has 0 radical (unpaired) electrons. The van der Waals surface area contributed by atoms with Gasteiger partial charge in [0.2, 0.25) is 0 Å². The van der Waals surface area contributed by atoms with Crippen LogP contribution in [-0.2, 0) is 14.3 Å². The van der Waals surface area contributed by atoms with E-state index >= 15 is 0 Å². The van der Waals surface area contributed by atoms with Crippen LogP contribution < -0.4 is 5.32 Å². The lowest BCUT2D eigenvalue weighted by Gasteiger charge is -2.32. The van der Waals surface area contributed by atoms with E-state index in [1.807, 2.05) is 6.92 Å². The largest absolute Gasteiger partial charge is 0.347 e. The molecule has 2 saturated heterocycles. The van der Waals surface area contributed by atoms with Crippen LogP contribution in [0.1, 0.15) is 26.2 Å². The Balaban J connectivity index is 1.95. The Morgan fingerprint density at radius 3 is 2.86 bits per heavy atom. The number of rotatable bonds is 2. The highest BCUT2D eigenvalue weighted by Crippen LogP contribution is 2.32. The van der Waals surface area contributed by atoms with Crippen molar-refractivity contribution < 1.29 is 14.3 Å². The fourth-order valence-corrected chi connectivity index (χ4v) is 2.01. The second-order valence-corrected chi connectivity index (χ2v) is 3.90. The Kier molecular flexibility index (Phi) is 2.85. The van der Waals surface area contributed by atoms with E-state index < -0.39 is 5.79 Å². The molecule has 1 spiro atoms. The molecule has 2 heterocycles. The third-order valence-electron chi connectivity index (χ3n) is 2.93. The van der Waals surface area contributed by atoms with Crippen molar-refractivity contribution in [1.82, 2.24) is 5.32 Å². The minimum atomic E-state index is -0.458. The van der Waals surface area contributed by atoms with Crippen LogP contribution in [0.3, 0.4) is 0 Å². The molecule has 14 heavy (non-hydrogen) atoms. The molecule has 4 heteroatoms. The van der Waals surface area contributed by atoms with Gasteiger partial charge in [-0.2, -0.15) is 0 Å². The van der Waals surface area contributed by atoms with Crippen molar-refractivity contribution in [2.45, 2.75) is 38.1 Å². The van der Waals surface area contributed by atoms with E-state index in [4.69, 9.17) is 9.47 Å². The molecule has 80 valence electrons. The van der Waals surface area contributed by atoms with Gasteiger partial charge in [0.15, 0.2) is 11.6 Å². The molecule has 2 aliphatic rings. The number of ether oxygens (including phenoxy) is 2. The first kappa shape index (κ1) is 10.1. The summed E-state index contributed by atoms with van der Waals surface area (Å²) in [5.41, 5.74) is 0. The molecule has 1 unspecified atom stereocenters. The van der Waals surface area contributed by atoms with Gasteiger partial charge in [0.05, 0.1) is 6.61 Å². The number of carbonyl (C=O) groups is 1. The summed E-state index contributed by atoms with van der Waals surface area (Å²) in [6.07, 6.45) is 1.90. The fourth-order valence-electron chi connectivity index (χ4n) is 2.01. The van der Waals surface area contributed by atoms with Crippen molar-refractivity contribution in [3.63, 3.8) is 0 Å². The highest BCUT2D eigenvalue weighted by molar-refractivity contribution is 5.83. The number of nitrogens with one attached hydrogen (secondary N) is 1. The Morgan fingerprint density at radius 2 is 2.21 bits per heavy atom. The maximum atomic E-state index is 11.4. The normalized spacial score (nSPS) is 30.8. The standard InChI is InChI=1S/C10H17NO3/c1-2-8(12)9-7-13-10(14-9)3-5-11-6-4-10/h9,11H,2-7H2,1H3. The quantitative estimate of drug-likeness (QED) is 0.702. The van der Waals surface area contributed by atoms with Crippen LogP contribution in [0.5, 0.6) is 0 Å². The van der Waals surface area contributed by atoms with E-state index in [9.17, 15) is 4.79 Å². The van der Waals surface area contributed by atoms with Gasteiger partial charge in [0.25, 0.3) is 0 Å². The molecule has 2 aliphatic heterocycles. The SMILES string of the molecule is CCC(=O)C1COC2(CCNCC2)O1. The van der Waals surface area contributed by atoms with Crippen LogP contribution in [0.2, 0.25) is 0 Å². The zero-order valence-electron chi connectivity index (χ0n) is 8.54. The summed E-state index contributed by atoms with van der Waals surface area (Å²) in [5.74, 6) is -0.304. The van der Waals surface area contributed by atoms with Crippen LogP contribution in [0.15, 0.2) is 0 Å². The number of hydrogen-bond acceptors (Lipinski definition) is 4. The van der Waals surface area contributed by atoms with Crippen LogP contribution in [0.4, 0.5) is 0 Å². The summed E-state index contributed by atoms with van der Waals surface area (Å²) in [4.78, 5) is 11.4. The van der Waals surface area contributed by atoms with Gasteiger partial charge in [0.1, 0.15) is 6.10 Å². The second kappa shape index (κ2) is 3.96. The summed E-state index contributed by atoms with van der Waals surface area (Å²) < 4.78 is 11.4. The Morgan fingerprint density at radius 1 is 1.50 bits per heavy atom. The van der Waals surface area contributed by atoms with E-state index in [1.54, 1.807) is 0 Å². The summed E-state index contributed by atoms with van der Waals surface area (Å²) in [7, 11) is 0. The molecule has 4 nitrogen and oxygen atoms in total. The first-order chi connectivity index (χ1) is 6.76. The monoisotopic (exact) mass is 199 g/mol. The number of piperidine rings is 1. The molecule has 0 aromatic rings. The minimum absolute atomic E-state index is 0.153. The van der Waals surface area contributed by atoms with E-state index in [-0.39, 0.29) is 11.9 Å². The van der Waals surface area contributed by atoms with Crippen molar-refractivity contribution in [2.75, 3.05) is 19.7 Å². The third kappa shape index (κ3) is 1.82. The lowest BCUT2D eigenvalue weighted by atomic mass is 10.1. The van der Waals surface area contributed by atoms with Crippen LogP contribution in [0, 0.1) is 0 Å². The van der Waals surface area contributed by atoms with Crippen LogP contribution >= 0.6 is 0 Å². The van der Waals surface area contributed by atoms with Gasteiger partial charge in [-0.1, -0.05) is 6.92 Å². The van der Waals surface area contributed by atoms with Gasteiger partial charge in [-0.25, -0.2) is 0 Å². The second-order valence-electron chi connectivity index (χ2n) is 3.90. The zero-order valence-corrected chi connectivity index (χ0v) is 8.54. The van der Waals surface area contributed by atoms with Gasteiger partial charge in [-0.15, -0.1) is 0 Å². The number of hydrogen-bond donors (Lipinski definition) is 1. The van der Waals surface area contributed by atoms with Crippen molar-refractivity contribution in [3.05, 3.63) is 0 Å². The topological polar surface area (TPSA) is 47.6 Å². The molecule has 2 rings (SSSR count). The summed E-state index contributed by atoms with van der Waals surface area (Å²) in [5, 5.41) is 3.25. The lowest BCUT2D eigenvalue weighted by molar-refractivity contribution is -0.185. The van der Waals surface area contributed by atoms with E-state index in [0.29, 0.717) is 13.0 Å². The Bertz CT molecular complexity index is 223. The molecule has 2 fully saturated rings. The minimum Gasteiger partial charge on any atom is -0.347 e. The molecule has 1 N–H and O–H groups in total. The van der Waals surface area contributed by atoms with Gasteiger partial charge >= 0.3 is 0 Å². The smallest absolute Gasteiger partial charge is 0.171 e. The van der Waals surface area contributed by atoms with Crippen molar-refractivity contribution in [3.8, 4) is 0 Å². The van der Waals surface area contributed by atoms with Gasteiger partial charge in [-0.3, -0.25) is 4.79 Å².